The van der Waals surface area contributed by atoms with Crippen LogP contribution < -0.4 is 0 Å². The van der Waals surface area contributed by atoms with E-state index in [-0.39, 0.29) is 18.4 Å². The maximum Gasteiger partial charge on any atom is 0.236 e. The van der Waals surface area contributed by atoms with Gasteiger partial charge in [-0.3, -0.25) is 14.5 Å². The van der Waals surface area contributed by atoms with Gasteiger partial charge >= 0.3 is 0 Å². The van der Waals surface area contributed by atoms with Gasteiger partial charge in [-0.25, -0.2) is 0 Å². The molecule has 2 aliphatic rings. The number of likely N-dealkylation sites (tertiary alicyclic amines) is 1. The van der Waals surface area contributed by atoms with Crippen molar-refractivity contribution < 1.29 is 14.7 Å². The Morgan fingerprint density at radius 2 is 1.83 bits per heavy atom. The summed E-state index contributed by atoms with van der Waals surface area (Å²) in [7, 11) is 0. The summed E-state index contributed by atoms with van der Waals surface area (Å²) in [6.45, 7) is 9.18. The van der Waals surface area contributed by atoms with Crippen LogP contribution in [-0.4, -0.2) is 34.0 Å². The molecule has 4 nitrogen and oxygen atoms in total. The van der Waals surface area contributed by atoms with Crippen LogP contribution in [0, 0.1) is 17.3 Å². The van der Waals surface area contributed by atoms with Crippen LogP contribution in [0.5, 0.6) is 0 Å². The molecule has 1 aliphatic carbocycles. The van der Waals surface area contributed by atoms with Crippen molar-refractivity contribution in [2.75, 3.05) is 6.54 Å². The molecule has 0 aromatic carbocycles. The predicted molar refractivity (Wildman–Crippen MR) is 67.4 cm³/mol. The van der Waals surface area contributed by atoms with Crippen molar-refractivity contribution in [1.29, 1.82) is 0 Å². The molecule has 98 valence electrons. The summed E-state index contributed by atoms with van der Waals surface area (Å²) in [5.41, 5.74) is -1.68. The molecule has 1 aliphatic heterocycles. The van der Waals surface area contributed by atoms with Crippen molar-refractivity contribution >= 4 is 11.8 Å². The predicted octanol–water partition coefficient (Wildman–Crippen LogP) is 1.12. The second-order valence-electron chi connectivity index (χ2n) is 5.91. The van der Waals surface area contributed by atoms with Crippen LogP contribution in [0.4, 0.5) is 0 Å². The minimum Gasteiger partial charge on any atom is -0.385 e. The molecule has 2 amide bonds. The summed E-state index contributed by atoms with van der Waals surface area (Å²) < 4.78 is 0. The summed E-state index contributed by atoms with van der Waals surface area (Å²) in [5.74, 6) is -1.69. The van der Waals surface area contributed by atoms with E-state index < -0.39 is 22.9 Å². The highest BCUT2D eigenvalue weighted by Crippen LogP contribution is 2.49. The maximum atomic E-state index is 12.4. The highest BCUT2D eigenvalue weighted by Gasteiger charge is 2.60. The van der Waals surface area contributed by atoms with Gasteiger partial charge in [0.05, 0.1) is 17.4 Å². The first-order chi connectivity index (χ1) is 8.22. The van der Waals surface area contributed by atoms with Gasteiger partial charge in [-0.2, -0.15) is 0 Å². The molecule has 1 fully saturated rings. The number of carbonyl (C=O) groups excluding carboxylic acids is 2. The number of allylic oxidation sites excluding steroid dienone is 1. The summed E-state index contributed by atoms with van der Waals surface area (Å²) in [6, 6.07) is 0. The van der Waals surface area contributed by atoms with Crippen LogP contribution in [0.1, 0.15) is 20.8 Å². The number of fused-ring (bicyclic) bond motifs is 1. The van der Waals surface area contributed by atoms with E-state index in [1.165, 1.54) is 11.0 Å². The van der Waals surface area contributed by atoms with Crippen molar-refractivity contribution in [3.05, 3.63) is 24.8 Å². The van der Waals surface area contributed by atoms with Gasteiger partial charge in [0.1, 0.15) is 0 Å². The molecular weight excluding hydrogens is 230 g/mol. The normalized spacial score (nSPS) is 37.9. The van der Waals surface area contributed by atoms with Crippen LogP contribution in [0.15, 0.2) is 24.8 Å². The second kappa shape index (κ2) is 3.79. The number of carbonyl (C=O) groups is 2. The SMILES string of the molecule is C=CCN1C(=O)C2C(C1=O)C(C)(O)C=CC2(C)C. The van der Waals surface area contributed by atoms with Gasteiger partial charge in [-0.05, 0) is 12.3 Å². The van der Waals surface area contributed by atoms with Crippen molar-refractivity contribution in [2.24, 2.45) is 17.3 Å². The molecule has 0 spiro atoms. The first kappa shape index (κ1) is 13.0. The summed E-state index contributed by atoms with van der Waals surface area (Å²) in [5, 5.41) is 10.3. The number of imide groups is 1. The van der Waals surface area contributed by atoms with Crippen LogP contribution in [0.3, 0.4) is 0 Å². The van der Waals surface area contributed by atoms with Gasteiger partial charge in [-0.15, -0.1) is 6.58 Å². The molecule has 2 rings (SSSR count). The minimum absolute atomic E-state index is 0.205. The lowest BCUT2D eigenvalue weighted by Gasteiger charge is -2.40. The van der Waals surface area contributed by atoms with E-state index in [0.717, 1.165) is 0 Å². The molecule has 0 bridgehead atoms. The van der Waals surface area contributed by atoms with Gasteiger partial charge in [0.25, 0.3) is 0 Å². The van der Waals surface area contributed by atoms with Gasteiger partial charge in [0.2, 0.25) is 11.8 Å². The van der Waals surface area contributed by atoms with E-state index >= 15 is 0 Å². The molecule has 0 aromatic heterocycles. The number of rotatable bonds is 2. The average Bonchev–Trinajstić information content (AvgIpc) is 2.52. The van der Waals surface area contributed by atoms with Gasteiger partial charge in [0.15, 0.2) is 0 Å². The third-order valence-corrected chi connectivity index (χ3v) is 3.99. The Morgan fingerprint density at radius 3 is 2.33 bits per heavy atom. The standard InChI is InChI=1S/C14H19NO3/c1-5-8-15-11(16)9-10(12(15)17)14(4,18)7-6-13(9,2)3/h5-7,9-10,18H,1,8H2,2-4H3. The van der Waals surface area contributed by atoms with Gasteiger partial charge < -0.3 is 5.11 Å². The van der Waals surface area contributed by atoms with Crippen molar-refractivity contribution in [2.45, 2.75) is 26.4 Å². The lowest BCUT2D eigenvalue weighted by atomic mass is 9.63. The van der Waals surface area contributed by atoms with Gasteiger partial charge in [0, 0.05) is 6.54 Å². The lowest BCUT2D eigenvalue weighted by molar-refractivity contribution is -0.140. The molecule has 0 saturated carbocycles. The summed E-state index contributed by atoms with van der Waals surface area (Å²) >= 11 is 0. The number of hydrogen-bond donors (Lipinski definition) is 1. The maximum absolute atomic E-state index is 12.4. The Hall–Kier alpha value is -1.42. The first-order valence-corrected chi connectivity index (χ1v) is 6.11. The zero-order valence-corrected chi connectivity index (χ0v) is 11.0. The van der Waals surface area contributed by atoms with E-state index in [4.69, 9.17) is 0 Å². The number of nitrogens with zero attached hydrogens (tertiary/aromatic N) is 1. The molecular formula is C14H19NO3. The summed E-state index contributed by atoms with van der Waals surface area (Å²) in [4.78, 5) is 25.9. The largest absolute Gasteiger partial charge is 0.385 e. The Kier molecular flexibility index (Phi) is 2.74. The number of hydrogen-bond acceptors (Lipinski definition) is 3. The molecule has 1 N–H and O–H groups in total. The molecule has 4 heteroatoms. The van der Waals surface area contributed by atoms with Crippen molar-refractivity contribution in [3.63, 3.8) is 0 Å². The Morgan fingerprint density at radius 1 is 1.28 bits per heavy atom. The third kappa shape index (κ3) is 1.63. The lowest BCUT2D eigenvalue weighted by Crippen LogP contribution is -2.47. The van der Waals surface area contributed by atoms with E-state index in [1.807, 2.05) is 19.9 Å². The summed E-state index contributed by atoms with van der Waals surface area (Å²) in [6.07, 6.45) is 5.00. The fourth-order valence-electron chi connectivity index (χ4n) is 2.96. The fourth-order valence-corrected chi connectivity index (χ4v) is 2.96. The Bertz CT molecular complexity index is 412. The smallest absolute Gasteiger partial charge is 0.236 e. The quantitative estimate of drug-likeness (QED) is 0.589. The van der Waals surface area contributed by atoms with Crippen LogP contribution in [-0.2, 0) is 9.59 Å². The molecule has 0 radical (unpaired) electrons. The van der Waals surface area contributed by atoms with Crippen LogP contribution in [0.25, 0.3) is 0 Å². The zero-order chi connectivity index (χ0) is 13.7. The average molecular weight is 249 g/mol. The zero-order valence-electron chi connectivity index (χ0n) is 11.0. The topological polar surface area (TPSA) is 57.6 Å². The Labute approximate surface area is 107 Å². The number of amides is 2. The molecule has 3 unspecified atom stereocenters. The molecule has 3 atom stereocenters. The highest BCUT2D eigenvalue weighted by atomic mass is 16.3. The third-order valence-electron chi connectivity index (χ3n) is 3.99. The Balaban J connectivity index is 2.51. The highest BCUT2D eigenvalue weighted by molar-refractivity contribution is 6.06. The van der Waals surface area contributed by atoms with Crippen molar-refractivity contribution in [3.8, 4) is 0 Å². The van der Waals surface area contributed by atoms with E-state index in [2.05, 4.69) is 6.58 Å². The molecule has 0 aromatic rings. The van der Waals surface area contributed by atoms with E-state index in [0.29, 0.717) is 0 Å². The molecule has 1 heterocycles. The van der Waals surface area contributed by atoms with Crippen LogP contribution >= 0.6 is 0 Å². The van der Waals surface area contributed by atoms with E-state index in [1.54, 1.807) is 13.0 Å². The molecule has 18 heavy (non-hydrogen) atoms. The second-order valence-corrected chi connectivity index (χ2v) is 5.91. The molecule has 1 saturated heterocycles. The number of aliphatic hydroxyl groups is 1. The fraction of sp³-hybridized carbons (Fsp3) is 0.571. The first-order valence-electron chi connectivity index (χ1n) is 6.11. The van der Waals surface area contributed by atoms with Crippen LogP contribution in [0.2, 0.25) is 0 Å². The van der Waals surface area contributed by atoms with Gasteiger partial charge in [-0.1, -0.05) is 32.1 Å². The monoisotopic (exact) mass is 249 g/mol. The minimum atomic E-state index is -1.26. The van der Waals surface area contributed by atoms with Crippen molar-refractivity contribution in [1.82, 2.24) is 4.90 Å². The van der Waals surface area contributed by atoms with E-state index in [9.17, 15) is 14.7 Å².